The third-order valence-corrected chi connectivity index (χ3v) is 4.83. The molecule has 1 N–H and O–H groups in total. The van der Waals surface area contributed by atoms with E-state index in [0.29, 0.717) is 12.0 Å². The van der Waals surface area contributed by atoms with E-state index in [-0.39, 0.29) is 5.41 Å². The maximum Gasteiger partial charge on any atom is 0.0499 e. The van der Waals surface area contributed by atoms with E-state index in [1.807, 2.05) is 0 Å². The Hall–Kier alpha value is -0.0800. The lowest BCUT2D eigenvalue weighted by Gasteiger charge is -2.35. The van der Waals surface area contributed by atoms with E-state index in [9.17, 15) is 5.11 Å². The first-order valence-electron chi connectivity index (χ1n) is 7.30. The predicted octanol–water partition coefficient (Wildman–Crippen LogP) is 3.30. The topological polar surface area (TPSA) is 23.5 Å². The summed E-state index contributed by atoms with van der Waals surface area (Å²) in [5.41, 5.74) is 0.642. The summed E-state index contributed by atoms with van der Waals surface area (Å²) >= 11 is 0. The van der Waals surface area contributed by atoms with Crippen molar-refractivity contribution in [2.45, 2.75) is 59.8 Å². The molecule has 2 heteroatoms. The van der Waals surface area contributed by atoms with Crippen molar-refractivity contribution in [2.75, 3.05) is 26.2 Å². The molecule has 102 valence electrons. The van der Waals surface area contributed by atoms with Gasteiger partial charge in [0, 0.05) is 18.6 Å². The van der Waals surface area contributed by atoms with Crippen molar-refractivity contribution in [3.63, 3.8) is 0 Å². The van der Waals surface area contributed by atoms with Gasteiger partial charge in [0.1, 0.15) is 0 Å². The summed E-state index contributed by atoms with van der Waals surface area (Å²) in [7, 11) is 0. The van der Waals surface area contributed by atoms with Crippen LogP contribution in [0.5, 0.6) is 0 Å². The van der Waals surface area contributed by atoms with Crippen LogP contribution in [0.1, 0.15) is 59.8 Å². The Morgan fingerprint density at radius 2 is 1.76 bits per heavy atom. The molecule has 2 nitrogen and oxygen atoms in total. The molecule has 1 aliphatic rings. The van der Waals surface area contributed by atoms with Gasteiger partial charge in [0.05, 0.1) is 0 Å². The monoisotopic (exact) mass is 241 g/mol. The summed E-state index contributed by atoms with van der Waals surface area (Å²) in [4.78, 5) is 2.58. The van der Waals surface area contributed by atoms with E-state index in [4.69, 9.17) is 0 Å². The van der Waals surface area contributed by atoms with Gasteiger partial charge < -0.3 is 10.0 Å². The van der Waals surface area contributed by atoms with Crippen LogP contribution < -0.4 is 0 Å². The van der Waals surface area contributed by atoms with Crippen LogP contribution in [0.3, 0.4) is 0 Å². The molecule has 1 rings (SSSR count). The summed E-state index contributed by atoms with van der Waals surface area (Å²) in [6.45, 7) is 13.0. The Morgan fingerprint density at radius 3 is 2.29 bits per heavy atom. The SMILES string of the molecule is CCC(CC)(CO)CN1CCCC(C)(C)CC1. The zero-order valence-corrected chi connectivity index (χ0v) is 12.3. The van der Waals surface area contributed by atoms with E-state index in [1.54, 1.807) is 0 Å². The van der Waals surface area contributed by atoms with Gasteiger partial charge in [-0.15, -0.1) is 0 Å². The molecule has 1 fully saturated rings. The van der Waals surface area contributed by atoms with Gasteiger partial charge in [0.15, 0.2) is 0 Å². The quantitative estimate of drug-likeness (QED) is 0.798. The maximum absolute atomic E-state index is 9.65. The zero-order valence-electron chi connectivity index (χ0n) is 12.3. The van der Waals surface area contributed by atoms with Gasteiger partial charge in [-0.25, -0.2) is 0 Å². The van der Waals surface area contributed by atoms with Gasteiger partial charge in [-0.1, -0.05) is 27.7 Å². The first kappa shape index (κ1) is 15.0. The minimum Gasteiger partial charge on any atom is -0.396 e. The maximum atomic E-state index is 9.65. The number of rotatable bonds is 5. The molecule has 0 radical (unpaired) electrons. The van der Waals surface area contributed by atoms with Crippen molar-refractivity contribution in [1.82, 2.24) is 4.90 Å². The normalized spacial score (nSPS) is 22.4. The van der Waals surface area contributed by atoms with Gasteiger partial charge in [-0.05, 0) is 50.6 Å². The molecule has 0 bridgehead atoms. The molecule has 0 aliphatic carbocycles. The minimum absolute atomic E-state index is 0.133. The van der Waals surface area contributed by atoms with E-state index in [1.165, 1.54) is 32.4 Å². The Kier molecular flexibility index (Phi) is 5.46. The Bertz CT molecular complexity index is 213. The molecule has 0 amide bonds. The molecule has 0 atom stereocenters. The Labute approximate surface area is 107 Å². The summed E-state index contributed by atoms with van der Waals surface area (Å²) in [6.07, 6.45) is 6.11. The lowest BCUT2D eigenvalue weighted by molar-refractivity contribution is 0.0659. The summed E-state index contributed by atoms with van der Waals surface area (Å²) in [5.74, 6) is 0. The second-order valence-corrected chi connectivity index (χ2v) is 6.66. The van der Waals surface area contributed by atoms with Crippen LogP contribution in [0, 0.1) is 10.8 Å². The third kappa shape index (κ3) is 4.26. The predicted molar refractivity (Wildman–Crippen MR) is 74.2 cm³/mol. The lowest BCUT2D eigenvalue weighted by atomic mass is 9.82. The van der Waals surface area contributed by atoms with Crippen molar-refractivity contribution in [2.24, 2.45) is 10.8 Å². The van der Waals surface area contributed by atoms with E-state index in [0.717, 1.165) is 19.4 Å². The molecule has 0 spiro atoms. The molecule has 17 heavy (non-hydrogen) atoms. The van der Waals surface area contributed by atoms with Crippen LogP contribution in [-0.4, -0.2) is 36.2 Å². The highest BCUT2D eigenvalue weighted by Crippen LogP contribution is 2.32. The number of likely N-dealkylation sites (tertiary alicyclic amines) is 1. The fourth-order valence-corrected chi connectivity index (χ4v) is 2.86. The first-order chi connectivity index (χ1) is 7.97. The summed E-state index contributed by atoms with van der Waals surface area (Å²) in [6, 6.07) is 0. The second kappa shape index (κ2) is 6.19. The van der Waals surface area contributed by atoms with Crippen LogP contribution in [-0.2, 0) is 0 Å². The van der Waals surface area contributed by atoms with Gasteiger partial charge in [0.25, 0.3) is 0 Å². The fourth-order valence-electron chi connectivity index (χ4n) is 2.86. The number of hydrogen-bond acceptors (Lipinski definition) is 2. The average molecular weight is 241 g/mol. The molecule has 0 aromatic rings. The van der Waals surface area contributed by atoms with E-state index >= 15 is 0 Å². The largest absolute Gasteiger partial charge is 0.396 e. The molecular formula is C15H31NO. The molecule has 0 unspecified atom stereocenters. The van der Waals surface area contributed by atoms with Crippen molar-refractivity contribution in [3.05, 3.63) is 0 Å². The van der Waals surface area contributed by atoms with Gasteiger partial charge >= 0.3 is 0 Å². The van der Waals surface area contributed by atoms with E-state index in [2.05, 4.69) is 32.6 Å². The Morgan fingerprint density at radius 1 is 1.12 bits per heavy atom. The molecule has 1 heterocycles. The van der Waals surface area contributed by atoms with E-state index < -0.39 is 0 Å². The molecule has 0 saturated carbocycles. The second-order valence-electron chi connectivity index (χ2n) is 6.66. The van der Waals surface area contributed by atoms with Crippen LogP contribution in [0.2, 0.25) is 0 Å². The average Bonchev–Trinajstić information content (AvgIpc) is 2.48. The van der Waals surface area contributed by atoms with Crippen LogP contribution in [0.25, 0.3) is 0 Å². The van der Waals surface area contributed by atoms with Gasteiger partial charge in [-0.2, -0.15) is 0 Å². The lowest BCUT2D eigenvalue weighted by Crippen LogP contribution is -2.40. The third-order valence-electron chi connectivity index (χ3n) is 4.83. The molecule has 0 aromatic heterocycles. The number of aliphatic hydroxyl groups is 1. The molecule has 1 saturated heterocycles. The highest BCUT2D eigenvalue weighted by molar-refractivity contribution is 4.83. The fraction of sp³-hybridized carbons (Fsp3) is 1.00. The van der Waals surface area contributed by atoms with Crippen LogP contribution in [0.15, 0.2) is 0 Å². The minimum atomic E-state index is 0.133. The van der Waals surface area contributed by atoms with Crippen molar-refractivity contribution in [3.8, 4) is 0 Å². The number of hydrogen-bond donors (Lipinski definition) is 1. The Balaban J connectivity index is 2.56. The van der Waals surface area contributed by atoms with Gasteiger partial charge in [0.2, 0.25) is 0 Å². The number of nitrogens with zero attached hydrogens (tertiary/aromatic N) is 1. The van der Waals surface area contributed by atoms with Gasteiger partial charge in [-0.3, -0.25) is 0 Å². The molecular weight excluding hydrogens is 210 g/mol. The van der Waals surface area contributed by atoms with Crippen molar-refractivity contribution >= 4 is 0 Å². The first-order valence-corrected chi connectivity index (χ1v) is 7.30. The number of aliphatic hydroxyl groups excluding tert-OH is 1. The van der Waals surface area contributed by atoms with Crippen molar-refractivity contribution in [1.29, 1.82) is 0 Å². The van der Waals surface area contributed by atoms with Crippen LogP contribution in [0.4, 0.5) is 0 Å². The highest BCUT2D eigenvalue weighted by atomic mass is 16.3. The zero-order chi connectivity index (χ0) is 12.9. The molecule has 0 aromatic carbocycles. The molecule has 1 aliphatic heterocycles. The summed E-state index contributed by atoms with van der Waals surface area (Å²) in [5, 5.41) is 9.65. The summed E-state index contributed by atoms with van der Waals surface area (Å²) < 4.78 is 0. The van der Waals surface area contributed by atoms with Crippen LogP contribution >= 0.6 is 0 Å². The standard InChI is InChI=1S/C15H31NO/c1-5-15(6-2,13-17)12-16-10-7-8-14(3,4)9-11-16/h17H,5-13H2,1-4H3. The highest BCUT2D eigenvalue weighted by Gasteiger charge is 2.30. The smallest absolute Gasteiger partial charge is 0.0499 e. The van der Waals surface area contributed by atoms with Crippen molar-refractivity contribution < 1.29 is 5.11 Å².